The predicted octanol–water partition coefficient (Wildman–Crippen LogP) is -1.68. The highest BCUT2D eigenvalue weighted by atomic mass is 16.6. The standard InChI is InChI=1S/C10H17N3O5/c11-8(14)6-18-12-5-9(15)13-3-1-7(2-4-13)10(16)17/h7,12H,1-6H2,(H2,11,14)(H,16,17). The Kier molecular flexibility index (Phi) is 5.53. The SMILES string of the molecule is NC(=O)CONCC(=O)N1CCC(C(=O)O)CC1. The second kappa shape index (κ2) is 6.92. The summed E-state index contributed by atoms with van der Waals surface area (Å²) in [6, 6.07) is 0. The van der Waals surface area contributed by atoms with Gasteiger partial charge in [0.2, 0.25) is 11.8 Å². The van der Waals surface area contributed by atoms with Gasteiger partial charge < -0.3 is 15.7 Å². The van der Waals surface area contributed by atoms with Crippen LogP contribution in [-0.4, -0.2) is 54.0 Å². The van der Waals surface area contributed by atoms with Crippen molar-refractivity contribution in [3.05, 3.63) is 0 Å². The van der Waals surface area contributed by atoms with Gasteiger partial charge in [0.25, 0.3) is 0 Å². The molecule has 8 nitrogen and oxygen atoms in total. The van der Waals surface area contributed by atoms with Crippen molar-refractivity contribution in [3.63, 3.8) is 0 Å². The monoisotopic (exact) mass is 259 g/mol. The molecule has 1 heterocycles. The molecule has 1 fully saturated rings. The zero-order valence-electron chi connectivity index (χ0n) is 9.92. The molecule has 0 aliphatic carbocycles. The maximum absolute atomic E-state index is 11.6. The Labute approximate surface area is 104 Å². The fourth-order valence-corrected chi connectivity index (χ4v) is 1.72. The topological polar surface area (TPSA) is 122 Å². The number of primary amides is 1. The molecular weight excluding hydrogens is 242 g/mol. The van der Waals surface area contributed by atoms with Crippen molar-refractivity contribution in [2.45, 2.75) is 12.8 Å². The molecule has 0 aromatic carbocycles. The van der Waals surface area contributed by atoms with Crippen LogP contribution in [0, 0.1) is 5.92 Å². The van der Waals surface area contributed by atoms with Gasteiger partial charge in [0.15, 0.2) is 0 Å². The summed E-state index contributed by atoms with van der Waals surface area (Å²) in [5.74, 6) is -2.00. The Hall–Kier alpha value is -1.67. The van der Waals surface area contributed by atoms with Gasteiger partial charge in [0.05, 0.1) is 5.92 Å². The maximum atomic E-state index is 11.6. The van der Waals surface area contributed by atoms with Gasteiger partial charge in [-0.1, -0.05) is 0 Å². The number of nitrogens with two attached hydrogens (primary N) is 1. The van der Waals surface area contributed by atoms with Crippen LogP contribution in [0.1, 0.15) is 12.8 Å². The third-order valence-corrected chi connectivity index (χ3v) is 2.74. The lowest BCUT2D eigenvalue weighted by molar-refractivity contribution is -0.146. The van der Waals surface area contributed by atoms with Gasteiger partial charge in [-0.2, -0.15) is 5.48 Å². The van der Waals surface area contributed by atoms with E-state index in [1.807, 2.05) is 0 Å². The van der Waals surface area contributed by atoms with Crippen LogP contribution in [0.5, 0.6) is 0 Å². The lowest BCUT2D eigenvalue weighted by Gasteiger charge is -2.30. The lowest BCUT2D eigenvalue weighted by Crippen LogP contribution is -2.44. The van der Waals surface area contributed by atoms with Crippen LogP contribution >= 0.6 is 0 Å². The summed E-state index contributed by atoms with van der Waals surface area (Å²) in [4.78, 5) is 38.9. The number of hydroxylamine groups is 1. The minimum Gasteiger partial charge on any atom is -0.481 e. The number of nitrogens with one attached hydrogen (secondary N) is 1. The number of hydrogen-bond donors (Lipinski definition) is 3. The predicted molar refractivity (Wildman–Crippen MR) is 60.1 cm³/mol. The molecule has 4 N–H and O–H groups in total. The molecule has 0 saturated carbocycles. The summed E-state index contributed by atoms with van der Waals surface area (Å²) in [5.41, 5.74) is 7.18. The Morgan fingerprint density at radius 2 is 1.94 bits per heavy atom. The van der Waals surface area contributed by atoms with E-state index in [9.17, 15) is 14.4 Å². The summed E-state index contributed by atoms with van der Waals surface area (Å²) in [6.45, 7) is 0.486. The Balaban J connectivity index is 2.20. The first kappa shape index (κ1) is 14.4. The van der Waals surface area contributed by atoms with Crippen LogP contribution in [0.2, 0.25) is 0 Å². The van der Waals surface area contributed by atoms with Crippen molar-refractivity contribution in [1.29, 1.82) is 0 Å². The van der Waals surface area contributed by atoms with E-state index in [-0.39, 0.29) is 25.0 Å². The number of carboxylic acids is 1. The Bertz CT molecular complexity index is 325. The molecule has 18 heavy (non-hydrogen) atoms. The summed E-state index contributed by atoms with van der Waals surface area (Å²) >= 11 is 0. The molecule has 0 aromatic heterocycles. The van der Waals surface area contributed by atoms with Crippen molar-refractivity contribution in [1.82, 2.24) is 10.4 Å². The minimum absolute atomic E-state index is 0.0645. The highest BCUT2D eigenvalue weighted by Gasteiger charge is 2.26. The van der Waals surface area contributed by atoms with E-state index in [1.165, 1.54) is 0 Å². The molecule has 1 saturated heterocycles. The molecule has 1 aliphatic rings. The van der Waals surface area contributed by atoms with Crippen molar-refractivity contribution < 1.29 is 24.3 Å². The van der Waals surface area contributed by atoms with E-state index in [1.54, 1.807) is 4.90 Å². The highest BCUT2D eigenvalue weighted by Crippen LogP contribution is 2.16. The summed E-state index contributed by atoms with van der Waals surface area (Å²) in [7, 11) is 0. The normalized spacial score (nSPS) is 16.6. The molecule has 0 bridgehead atoms. The van der Waals surface area contributed by atoms with E-state index in [2.05, 4.69) is 10.3 Å². The van der Waals surface area contributed by atoms with Gasteiger partial charge in [-0.15, -0.1) is 0 Å². The number of likely N-dealkylation sites (tertiary alicyclic amines) is 1. The maximum Gasteiger partial charge on any atom is 0.306 e. The Morgan fingerprint density at radius 1 is 1.33 bits per heavy atom. The molecule has 0 atom stereocenters. The number of amides is 2. The third-order valence-electron chi connectivity index (χ3n) is 2.74. The number of rotatable bonds is 6. The van der Waals surface area contributed by atoms with Crippen LogP contribution < -0.4 is 11.2 Å². The zero-order valence-corrected chi connectivity index (χ0v) is 9.92. The molecule has 1 aliphatic heterocycles. The van der Waals surface area contributed by atoms with Crippen LogP contribution in [0.3, 0.4) is 0 Å². The molecule has 0 radical (unpaired) electrons. The van der Waals surface area contributed by atoms with Gasteiger partial charge >= 0.3 is 5.97 Å². The van der Waals surface area contributed by atoms with E-state index in [0.717, 1.165) is 0 Å². The average Bonchev–Trinajstić information content (AvgIpc) is 2.34. The summed E-state index contributed by atoms with van der Waals surface area (Å²) in [5, 5.41) is 8.81. The number of piperidine rings is 1. The van der Waals surface area contributed by atoms with E-state index in [4.69, 9.17) is 10.8 Å². The van der Waals surface area contributed by atoms with Crippen LogP contribution in [0.15, 0.2) is 0 Å². The molecule has 1 rings (SSSR count). The fraction of sp³-hybridized carbons (Fsp3) is 0.700. The van der Waals surface area contributed by atoms with Gasteiger partial charge in [-0.25, -0.2) is 0 Å². The second-order valence-corrected chi connectivity index (χ2v) is 4.07. The van der Waals surface area contributed by atoms with E-state index < -0.39 is 11.9 Å². The Morgan fingerprint density at radius 3 is 2.44 bits per heavy atom. The van der Waals surface area contributed by atoms with Crippen molar-refractivity contribution >= 4 is 17.8 Å². The van der Waals surface area contributed by atoms with Crippen LogP contribution in [0.4, 0.5) is 0 Å². The van der Waals surface area contributed by atoms with Gasteiger partial charge in [-0.05, 0) is 12.8 Å². The van der Waals surface area contributed by atoms with Crippen LogP contribution in [0.25, 0.3) is 0 Å². The summed E-state index contributed by atoms with van der Waals surface area (Å²) in [6.07, 6.45) is 0.923. The molecule has 0 unspecified atom stereocenters. The fourth-order valence-electron chi connectivity index (χ4n) is 1.72. The molecular formula is C10H17N3O5. The van der Waals surface area contributed by atoms with Crippen molar-refractivity contribution in [2.75, 3.05) is 26.2 Å². The number of aliphatic carboxylic acids is 1. The first-order valence-electron chi connectivity index (χ1n) is 5.64. The van der Waals surface area contributed by atoms with Gasteiger partial charge in [-0.3, -0.25) is 19.2 Å². The first-order valence-corrected chi connectivity index (χ1v) is 5.64. The largest absolute Gasteiger partial charge is 0.481 e. The minimum atomic E-state index is -0.815. The average molecular weight is 259 g/mol. The first-order chi connectivity index (χ1) is 8.50. The molecule has 0 spiro atoms. The zero-order chi connectivity index (χ0) is 13.5. The molecule has 2 amide bonds. The second-order valence-electron chi connectivity index (χ2n) is 4.07. The quantitative estimate of drug-likeness (QED) is 0.386. The third kappa shape index (κ3) is 4.68. The van der Waals surface area contributed by atoms with Crippen molar-refractivity contribution in [2.24, 2.45) is 11.7 Å². The number of carbonyl (C=O) groups excluding carboxylic acids is 2. The molecule has 0 aromatic rings. The molecule has 102 valence electrons. The highest BCUT2D eigenvalue weighted by molar-refractivity contribution is 5.79. The number of nitrogens with zero attached hydrogens (tertiary/aromatic N) is 1. The number of carbonyl (C=O) groups is 3. The number of hydrogen-bond acceptors (Lipinski definition) is 5. The summed E-state index contributed by atoms with van der Waals surface area (Å²) < 4.78 is 0. The van der Waals surface area contributed by atoms with Gasteiger partial charge in [0.1, 0.15) is 13.2 Å². The lowest BCUT2D eigenvalue weighted by atomic mass is 9.97. The molecule has 8 heteroatoms. The van der Waals surface area contributed by atoms with Crippen LogP contribution in [-0.2, 0) is 19.2 Å². The number of carboxylic acid groups (broad SMARTS) is 1. The van der Waals surface area contributed by atoms with Gasteiger partial charge in [0, 0.05) is 13.1 Å². The van der Waals surface area contributed by atoms with E-state index >= 15 is 0 Å². The smallest absolute Gasteiger partial charge is 0.306 e. The van der Waals surface area contributed by atoms with E-state index in [0.29, 0.717) is 25.9 Å². The van der Waals surface area contributed by atoms with Crippen molar-refractivity contribution in [3.8, 4) is 0 Å².